The molecule has 3 atom stereocenters. The Morgan fingerprint density at radius 2 is 2.00 bits per heavy atom. The normalized spacial score (nSPS) is 22.6. The molecule has 0 bridgehead atoms. The Bertz CT molecular complexity index is 1200. The molecule has 10 heteroatoms. The number of hydrogen-bond acceptors (Lipinski definition) is 4. The number of benzene rings is 1. The van der Waals surface area contributed by atoms with Crippen LogP contribution in [0, 0.1) is 5.82 Å². The molecule has 1 aliphatic carbocycles. The van der Waals surface area contributed by atoms with Crippen LogP contribution in [0.3, 0.4) is 0 Å². The molecule has 1 aromatic carbocycles. The summed E-state index contributed by atoms with van der Waals surface area (Å²) in [5, 5.41) is 5.57. The maximum Gasteiger partial charge on any atom is 0.419 e. The number of halogens is 4. The molecule has 2 amide bonds. The third-order valence-electron chi connectivity index (χ3n) is 6.49. The Morgan fingerprint density at radius 1 is 1.25 bits per heavy atom. The van der Waals surface area contributed by atoms with Gasteiger partial charge in [0.15, 0.2) is 0 Å². The minimum Gasteiger partial charge on any atom is -0.353 e. The predicted molar refractivity (Wildman–Crippen MR) is 127 cm³/mol. The van der Waals surface area contributed by atoms with Gasteiger partial charge in [-0.3, -0.25) is 14.6 Å². The average Bonchev–Trinajstić information content (AvgIpc) is 3.17. The van der Waals surface area contributed by atoms with Gasteiger partial charge in [-0.2, -0.15) is 13.2 Å². The van der Waals surface area contributed by atoms with Crippen LogP contribution in [0.15, 0.2) is 58.3 Å². The fraction of sp³-hybridized carbons (Fsp3) is 0.423. The first-order valence-corrected chi connectivity index (χ1v) is 11.9. The van der Waals surface area contributed by atoms with Crippen molar-refractivity contribution >= 4 is 17.6 Å². The summed E-state index contributed by atoms with van der Waals surface area (Å²) in [4.78, 5) is 31.1. The first kappa shape index (κ1) is 25.7. The summed E-state index contributed by atoms with van der Waals surface area (Å²) in [5.74, 6) is -1.54. The highest BCUT2D eigenvalue weighted by Crippen LogP contribution is 2.35. The summed E-state index contributed by atoms with van der Waals surface area (Å²) in [6, 6.07) is 2.04. The zero-order valence-electron chi connectivity index (χ0n) is 20.2. The van der Waals surface area contributed by atoms with Gasteiger partial charge in [-0.05, 0) is 56.4 Å². The summed E-state index contributed by atoms with van der Waals surface area (Å²) < 4.78 is 54.1. The highest BCUT2D eigenvalue weighted by atomic mass is 19.4. The molecule has 2 N–H and O–H groups in total. The largest absolute Gasteiger partial charge is 0.419 e. The minimum absolute atomic E-state index is 0.0467. The van der Waals surface area contributed by atoms with Crippen molar-refractivity contribution < 1.29 is 27.2 Å². The van der Waals surface area contributed by atoms with Crippen LogP contribution in [0.5, 0.6) is 0 Å². The van der Waals surface area contributed by atoms with E-state index >= 15 is 0 Å². The lowest BCUT2D eigenvalue weighted by molar-refractivity contribution is -0.140. The number of amides is 2. The standard InChI is InChI=1S/C26H28F4N4O2/c1-14-12-34-13-18(17-7-9-19(10-8-17)33-16(3)35)11-21(24(34)31-14)25(36)32-15(2)20-5-4-6-22(23(20)27)26(28,29)30/h4-7,11,13-15,19H,8-10,12H2,1-3H3,(H,32,36)(H,33,35)/t14-,15-,19?/m1/s1. The number of amidine groups is 1. The molecule has 3 aliphatic rings. The number of hydrogen-bond donors (Lipinski definition) is 2. The van der Waals surface area contributed by atoms with Gasteiger partial charge >= 0.3 is 6.18 Å². The predicted octanol–water partition coefficient (Wildman–Crippen LogP) is 4.56. The van der Waals surface area contributed by atoms with Gasteiger partial charge in [0.05, 0.1) is 23.2 Å². The van der Waals surface area contributed by atoms with Gasteiger partial charge in [0.25, 0.3) is 5.91 Å². The van der Waals surface area contributed by atoms with Gasteiger partial charge in [-0.25, -0.2) is 4.39 Å². The molecule has 1 aromatic rings. The molecule has 1 unspecified atom stereocenters. The van der Waals surface area contributed by atoms with Crippen LogP contribution in [-0.4, -0.2) is 41.2 Å². The Balaban J connectivity index is 1.58. The van der Waals surface area contributed by atoms with Crippen molar-refractivity contribution in [3.8, 4) is 0 Å². The molecule has 36 heavy (non-hydrogen) atoms. The van der Waals surface area contributed by atoms with Crippen LogP contribution >= 0.6 is 0 Å². The SMILES string of the molecule is CC(=O)NC1CC=C(C2=CN3C[C@@H](C)N=C3C(C(=O)N[C@H](C)c3cccc(C(F)(F)F)c3F)=C2)CC1. The molecule has 2 aliphatic heterocycles. The van der Waals surface area contributed by atoms with Crippen LogP contribution in [0.1, 0.15) is 57.2 Å². The van der Waals surface area contributed by atoms with E-state index in [0.717, 1.165) is 23.6 Å². The molecule has 2 heterocycles. The molecule has 6 nitrogen and oxygen atoms in total. The number of nitrogens with one attached hydrogen (secondary N) is 2. The third-order valence-corrected chi connectivity index (χ3v) is 6.49. The summed E-state index contributed by atoms with van der Waals surface area (Å²) in [5.41, 5.74) is 0.541. The van der Waals surface area contributed by atoms with E-state index in [9.17, 15) is 27.2 Å². The molecule has 0 radical (unpaired) electrons. The number of carbonyl (C=O) groups is 2. The number of carbonyl (C=O) groups excluding carboxylic acids is 2. The van der Waals surface area contributed by atoms with Crippen molar-refractivity contribution in [3.63, 3.8) is 0 Å². The lowest BCUT2D eigenvalue weighted by atomic mass is 9.88. The fourth-order valence-corrected chi connectivity index (χ4v) is 4.77. The maximum absolute atomic E-state index is 14.6. The fourth-order valence-electron chi connectivity index (χ4n) is 4.77. The first-order valence-electron chi connectivity index (χ1n) is 11.9. The van der Waals surface area contributed by atoms with Crippen molar-refractivity contribution in [1.82, 2.24) is 15.5 Å². The van der Waals surface area contributed by atoms with Gasteiger partial charge < -0.3 is 15.5 Å². The molecule has 0 spiro atoms. The molecule has 192 valence electrons. The molecule has 0 fully saturated rings. The van der Waals surface area contributed by atoms with Gasteiger partial charge in [0.1, 0.15) is 11.7 Å². The van der Waals surface area contributed by atoms with Crippen molar-refractivity contribution in [2.45, 2.75) is 64.3 Å². The first-order chi connectivity index (χ1) is 16.9. The minimum atomic E-state index is -4.84. The third kappa shape index (κ3) is 5.37. The maximum atomic E-state index is 14.6. The van der Waals surface area contributed by atoms with Crippen LogP contribution in [-0.2, 0) is 15.8 Å². The number of nitrogens with zero attached hydrogens (tertiary/aromatic N) is 2. The second-order valence-electron chi connectivity index (χ2n) is 9.40. The van der Waals surface area contributed by atoms with Gasteiger partial charge in [0.2, 0.25) is 5.91 Å². The van der Waals surface area contributed by atoms with Gasteiger partial charge in [-0.15, -0.1) is 0 Å². The quantitative estimate of drug-likeness (QED) is 0.578. The van der Waals surface area contributed by atoms with E-state index in [1.165, 1.54) is 19.9 Å². The summed E-state index contributed by atoms with van der Waals surface area (Å²) in [7, 11) is 0. The van der Waals surface area contributed by atoms with E-state index in [0.29, 0.717) is 31.3 Å². The topological polar surface area (TPSA) is 73.8 Å². The Morgan fingerprint density at radius 3 is 2.64 bits per heavy atom. The van der Waals surface area contributed by atoms with Crippen LogP contribution in [0.25, 0.3) is 0 Å². The Hall–Kier alpha value is -3.43. The monoisotopic (exact) mass is 504 g/mol. The van der Waals surface area contributed by atoms with E-state index in [4.69, 9.17) is 0 Å². The molecular weight excluding hydrogens is 476 g/mol. The smallest absolute Gasteiger partial charge is 0.353 e. The average molecular weight is 505 g/mol. The van der Waals surface area contributed by atoms with Crippen molar-refractivity contribution in [1.29, 1.82) is 0 Å². The van der Waals surface area contributed by atoms with E-state index in [1.54, 1.807) is 6.08 Å². The van der Waals surface area contributed by atoms with E-state index in [1.807, 2.05) is 24.1 Å². The van der Waals surface area contributed by atoms with E-state index < -0.39 is 29.5 Å². The van der Waals surface area contributed by atoms with Crippen LogP contribution < -0.4 is 10.6 Å². The highest BCUT2D eigenvalue weighted by Gasteiger charge is 2.36. The number of rotatable bonds is 5. The second kappa shape index (κ2) is 9.91. The van der Waals surface area contributed by atoms with E-state index in [-0.39, 0.29) is 29.1 Å². The Kier molecular flexibility index (Phi) is 7.06. The van der Waals surface area contributed by atoms with Crippen LogP contribution in [0.2, 0.25) is 0 Å². The summed E-state index contributed by atoms with van der Waals surface area (Å²) >= 11 is 0. The number of aliphatic imine (C=N–C) groups is 1. The number of fused-ring (bicyclic) bond motifs is 1. The Labute approximate surface area is 206 Å². The molecule has 4 rings (SSSR count). The molecular formula is C26H28F4N4O2. The van der Waals surface area contributed by atoms with Crippen molar-refractivity contribution in [3.05, 3.63) is 70.2 Å². The number of allylic oxidation sites excluding steroid dienone is 3. The zero-order valence-corrected chi connectivity index (χ0v) is 20.2. The van der Waals surface area contributed by atoms with Gasteiger partial charge in [0, 0.05) is 31.3 Å². The zero-order chi connectivity index (χ0) is 26.2. The molecule has 0 saturated carbocycles. The number of alkyl halides is 3. The highest BCUT2D eigenvalue weighted by molar-refractivity contribution is 6.22. The van der Waals surface area contributed by atoms with Gasteiger partial charge in [-0.1, -0.05) is 18.2 Å². The molecule has 0 saturated heterocycles. The lowest BCUT2D eigenvalue weighted by Gasteiger charge is -2.28. The van der Waals surface area contributed by atoms with Crippen molar-refractivity contribution in [2.75, 3.05) is 6.54 Å². The van der Waals surface area contributed by atoms with Crippen LogP contribution in [0.4, 0.5) is 17.6 Å². The second-order valence-corrected chi connectivity index (χ2v) is 9.40. The van der Waals surface area contributed by atoms with Crippen molar-refractivity contribution in [2.24, 2.45) is 4.99 Å². The van der Waals surface area contributed by atoms with E-state index in [2.05, 4.69) is 15.6 Å². The summed E-state index contributed by atoms with van der Waals surface area (Å²) in [6.45, 7) is 5.44. The molecule has 0 aromatic heterocycles. The summed E-state index contributed by atoms with van der Waals surface area (Å²) in [6.07, 6.45) is 3.03. The lowest BCUT2D eigenvalue weighted by Crippen LogP contribution is -2.37.